The maximum atomic E-state index is 12.2. The van der Waals surface area contributed by atoms with Crippen LogP contribution in [0.5, 0.6) is 0 Å². The van der Waals surface area contributed by atoms with Crippen LogP contribution in [0.15, 0.2) is 24.3 Å². The summed E-state index contributed by atoms with van der Waals surface area (Å²) in [5, 5.41) is 2.86. The molecule has 1 rings (SSSR count). The molecule has 4 nitrogen and oxygen atoms in total. The summed E-state index contributed by atoms with van der Waals surface area (Å²) in [6.45, 7) is 8.79. The quantitative estimate of drug-likeness (QED) is 0.867. The van der Waals surface area contributed by atoms with E-state index in [-0.39, 0.29) is 17.9 Å². The molecule has 0 aliphatic rings. The van der Waals surface area contributed by atoms with Gasteiger partial charge < -0.3 is 10.2 Å². The molecule has 0 bridgehead atoms. The Bertz CT molecular complexity index is 450. The molecule has 20 heavy (non-hydrogen) atoms. The van der Waals surface area contributed by atoms with E-state index in [4.69, 9.17) is 0 Å². The zero-order valence-electron chi connectivity index (χ0n) is 12.8. The standard InChI is InChI=1S/C16H24N2O2/c1-5-18(6-2)16(20)11-15(17-13(4)19)14-9-7-12(3)8-10-14/h7-10,15H,5-6,11H2,1-4H3,(H,17,19). The third-order valence-corrected chi connectivity index (χ3v) is 3.35. The van der Waals surface area contributed by atoms with Gasteiger partial charge in [0.25, 0.3) is 0 Å². The smallest absolute Gasteiger partial charge is 0.224 e. The van der Waals surface area contributed by atoms with Crippen LogP contribution in [0.2, 0.25) is 0 Å². The topological polar surface area (TPSA) is 49.4 Å². The van der Waals surface area contributed by atoms with Crippen LogP contribution in [0.3, 0.4) is 0 Å². The van der Waals surface area contributed by atoms with E-state index in [9.17, 15) is 9.59 Å². The maximum Gasteiger partial charge on any atom is 0.224 e. The summed E-state index contributed by atoms with van der Waals surface area (Å²) >= 11 is 0. The number of carbonyl (C=O) groups is 2. The second-order valence-electron chi connectivity index (χ2n) is 4.93. The first-order chi connectivity index (χ1) is 9.47. The predicted molar refractivity (Wildman–Crippen MR) is 80.3 cm³/mol. The lowest BCUT2D eigenvalue weighted by Crippen LogP contribution is -2.35. The van der Waals surface area contributed by atoms with Crippen LogP contribution in [0.4, 0.5) is 0 Å². The Kier molecular flexibility index (Phi) is 6.22. The van der Waals surface area contributed by atoms with Crippen LogP contribution >= 0.6 is 0 Å². The molecule has 0 heterocycles. The maximum absolute atomic E-state index is 12.2. The van der Waals surface area contributed by atoms with Gasteiger partial charge in [-0.15, -0.1) is 0 Å². The Labute approximate surface area is 121 Å². The van der Waals surface area contributed by atoms with E-state index in [0.717, 1.165) is 11.1 Å². The van der Waals surface area contributed by atoms with Gasteiger partial charge in [0.2, 0.25) is 11.8 Å². The summed E-state index contributed by atoms with van der Waals surface area (Å²) < 4.78 is 0. The fraction of sp³-hybridized carbons (Fsp3) is 0.500. The summed E-state index contributed by atoms with van der Waals surface area (Å²) in [6, 6.07) is 7.65. The molecule has 1 aromatic carbocycles. The minimum absolute atomic E-state index is 0.0642. The van der Waals surface area contributed by atoms with Crippen molar-refractivity contribution in [3.8, 4) is 0 Å². The van der Waals surface area contributed by atoms with Gasteiger partial charge in [-0.2, -0.15) is 0 Å². The van der Waals surface area contributed by atoms with E-state index in [2.05, 4.69) is 5.32 Å². The van der Waals surface area contributed by atoms with Gasteiger partial charge in [-0.3, -0.25) is 9.59 Å². The molecule has 1 atom stereocenters. The zero-order chi connectivity index (χ0) is 15.1. The first-order valence-electron chi connectivity index (χ1n) is 7.09. The van der Waals surface area contributed by atoms with Gasteiger partial charge in [-0.1, -0.05) is 29.8 Å². The van der Waals surface area contributed by atoms with Crippen molar-refractivity contribution < 1.29 is 9.59 Å². The SMILES string of the molecule is CCN(CC)C(=O)CC(NC(C)=O)c1ccc(C)cc1. The van der Waals surface area contributed by atoms with Crippen molar-refractivity contribution in [3.05, 3.63) is 35.4 Å². The largest absolute Gasteiger partial charge is 0.349 e. The van der Waals surface area contributed by atoms with E-state index >= 15 is 0 Å². The minimum Gasteiger partial charge on any atom is -0.349 e. The van der Waals surface area contributed by atoms with Crippen molar-refractivity contribution in [1.82, 2.24) is 10.2 Å². The number of nitrogens with one attached hydrogen (secondary N) is 1. The summed E-state index contributed by atoms with van der Waals surface area (Å²) in [5.41, 5.74) is 2.12. The second-order valence-corrected chi connectivity index (χ2v) is 4.93. The van der Waals surface area contributed by atoms with Crippen LogP contribution in [0, 0.1) is 6.92 Å². The fourth-order valence-corrected chi connectivity index (χ4v) is 2.18. The van der Waals surface area contributed by atoms with Crippen molar-refractivity contribution in [2.45, 2.75) is 40.2 Å². The van der Waals surface area contributed by atoms with E-state index < -0.39 is 0 Å². The van der Waals surface area contributed by atoms with Crippen molar-refractivity contribution in [2.75, 3.05) is 13.1 Å². The van der Waals surface area contributed by atoms with Crippen LogP contribution in [0.1, 0.15) is 44.4 Å². The number of aryl methyl sites for hydroxylation is 1. The molecule has 1 unspecified atom stereocenters. The number of amides is 2. The first kappa shape index (κ1) is 16.2. The van der Waals surface area contributed by atoms with Crippen molar-refractivity contribution in [3.63, 3.8) is 0 Å². The molecule has 0 aliphatic carbocycles. The number of carbonyl (C=O) groups excluding carboxylic acids is 2. The minimum atomic E-state index is -0.263. The molecule has 1 aromatic rings. The number of benzene rings is 1. The molecule has 110 valence electrons. The fourth-order valence-electron chi connectivity index (χ4n) is 2.18. The van der Waals surface area contributed by atoms with Gasteiger partial charge >= 0.3 is 0 Å². The Morgan fingerprint density at radius 3 is 2.15 bits per heavy atom. The van der Waals surface area contributed by atoms with E-state index in [1.54, 1.807) is 4.90 Å². The van der Waals surface area contributed by atoms with Gasteiger partial charge in [0.1, 0.15) is 0 Å². The summed E-state index contributed by atoms with van der Waals surface area (Å²) in [4.78, 5) is 25.3. The van der Waals surface area contributed by atoms with Crippen molar-refractivity contribution >= 4 is 11.8 Å². The normalized spacial score (nSPS) is 11.8. The van der Waals surface area contributed by atoms with Gasteiger partial charge in [0.15, 0.2) is 0 Å². The summed E-state index contributed by atoms with van der Waals surface area (Å²) in [5.74, 6) is -0.0581. The third-order valence-electron chi connectivity index (χ3n) is 3.35. The summed E-state index contributed by atoms with van der Waals surface area (Å²) in [6.07, 6.45) is 0.296. The Hall–Kier alpha value is -1.84. The molecule has 0 aliphatic heterocycles. The molecule has 0 aromatic heterocycles. The van der Waals surface area contributed by atoms with Gasteiger partial charge in [-0.05, 0) is 26.3 Å². The highest BCUT2D eigenvalue weighted by molar-refractivity contribution is 5.79. The number of rotatable bonds is 6. The molecular weight excluding hydrogens is 252 g/mol. The number of hydrogen-bond donors (Lipinski definition) is 1. The highest BCUT2D eigenvalue weighted by Crippen LogP contribution is 2.18. The average molecular weight is 276 g/mol. The van der Waals surface area contributed by atoms with Crippen molar-refractivity contribution in [1.29, 1.82) is 0 Å². The molecule has 2 amide bonds. The zero-order valence-corrected chi connectivity index (χ0v) is 12.8. The lowest BCUT2D eigenvalue weighted by molar-refractivity contribution is -0.131. The van der Waals surface area contributed by atoms with E-state index in [1.807, 2.05) is 45.0 Å². The average Bonchev–Trinajstić information content (AvgIpc) is 2.39. The van der Waals surface area contributed by atoms with Gasteiger partial charge in [-0.25, -0.2) is 0 Å². The molecule has 4 heteroatoms. The highest BCUT2D eigenvalue weighted by atomic mass is 16.2. The van der Waals surface area contributed by atoms with Crippen LogP contribution < -0.4 is 5.32 Å². The second kappa shape index (κ2) is 7.68. The molecule has 0 fully saturated rings. The number of nitrogens with zero attached hydrogens (tertiary/aromatic N) is 1. The van der Waals surface area contributed by atoms with Gasteiger partial charge in [0.05, 0.1) is 12.5 Å². The Balaban J connectivity index is 2.87. The molecule has 0 saturated carbocycles. The predicted octanol–water partition coefficient (Wildman–Crippen LogP) is 2.43. The highest BCUT2D eigenvalue weighted by Gasteiger charge is 2.19. The molecule has 0 radical (unpaired) electrons. The molecule has 0 saturated heterocycles. The molecule has 0 spiro atoms. The van der Waals surface area contributed by atoms with Crippen LogP contribution in [-0.4, -0.2) is 29.8 Å². The Morgan fingerprint density at radius 2 is 1.70 bits per heavy atom. The van der Waals surface area contributed by atoms with Crippen molar-refractivity contribution in [2.24, 2.45) is 0 Å². The van der Waals surface area contributed by atoms with E-state index in [1.165, 1.54) is 6.92 Å². The van der Waals surface area contributed by atoms with Gasteiger partial charge in [0, 0.05) is 20.0 Å². The lowest BCUT2D eigenvalue weighted by Gasteiger charge is -2.23. The first-order valence-corrected chi connectivity index (χ1v) is 7.09. The third kappa shape index (κ3) is 4.68. The lowest BCUT2D eigenvalue weighted by atomic mass is 10.0. The molecular formula is C16H24N2O2. The summed E-state index contributed by atoms with van der Waals surface area (Å²) in [7, 11) is 0. The number of hydrogen-bond acceptors (Lipinski definition) is 2. The van der Waals surface area contributed by atoms with Crippen LogP contribution in [-0.2, 0) is 9.59 Å². The van der Waals surface area contributed by atoms with Crippen LogP contribution in [0.25, 0.3) is 0 Å². The van der Waals surface area contributed by atoms with E-state index in [0.29, 0.717) is 19.5 Å². The molecule has 1 N–H and O–H groups in total. The monoisotopic (exact) mass is 276 g/mol. The Morgan fingerprint density at radius 1 is 1.15 bits per heavy atom.